The van der Waals surface area contributed by atoms with Gasteiger partial charge in [0.25, 0.3) is 20.1 Å². The van der Waals surface area contributed by atoms with Gasteiger partial charge < -0.3 is 29.1 Å². The summed E-state index contributed by atoms with van der Waals surface area (Å²) in [6.07, 6.45) is 0. The maximum Gasteiger partial charge on any atom is 0.256 e. The Morgan fingerprint density at radius 1 is 0.278 bits per heavy atom. The zero-order valence-corrected chi connectivity index (χ0v) is 60.3. The summed E-state index contributed by atoms with van der Waals surface area (Å²) in [5, 5.41) is 0. The minimum atomic E-state index is -0.181. The molecule has 0 N–H and O–H groups in total. The van der Waals surface area contributed by atoms with Crippen molar-refractivity contribution in [3.05, 3.63) is 241 Å². The second kappa shape index (κ2) is 21.0. The Kier molecular flexibility index (Phi) is 13.2. The van der Waals surface area contributed by atoms with Crippen LogP contribution in [0.25, 0.3) is 0 Å². The molecular formula is C88H85B3N4O2. The summed E-state index contributed by atoms with van der Waals surface area (Å²) in [6.45, 7) is 45.2. The molecule has 0 bridgehead atoms. The fraction of sp³-hybridized carbons (Fsp3) is 0.250. The van der Waals surface area contributed by atoms with Crippen LogP contribution in [0.4, 0.5) is 68.2 Å². The lowest BCUT2D eigenvalue weighted by atomic mass is 9.26. The number of anilines is 12. The normalized spacial score (nSPS) is 13.8. The third-order valence-electron chi connectivity index (χ3n) is 23.0. The number of hydrogen-bond acceptors (Lipinski definition) is 6. The van der Waals surface area contributed by atoms with Gasteiger partial charge in [-0.2, -0.15) is 0 Å². The third kappa shape index (κ3) is 8.94. The van der Waals surface area contributed by atoms with Crippen molar-refractivity contribution < 1.29 is 9.47 Å². The van der Waals surface area contributed by atoms with Gasteiger partial charge in [0.15, 0.2) is 0 Å². The van der Waals surface area contributed by atoms with Gasteiger partial charge in [-0.15, -0.1) is 0 Å². The lowest BCUT2D eigenvalue weighted by Gasteiger charge is -2.52. The molecule has 6 nitrogen and oxygen atoms in total. The predicted molar refractivity (Wildman–Crippen MR) is 416 cm³/mol. The highest BCUT2D eigenvalue weighted by molar-refractivity contribution is 7.07. The van der Waals surface area contributed by atoms with Crippen LogP contribution in [0.1, 0.15) is 131 Å². The maximum atomic E-state index is 7.61. The molecule has 0 spiro atoms. The molecule has 0 fully saturated rings. The summed E-state index contributed by atoms with van der Waals surface area (Å²) in [6, 6.07) is 60.5. The van der Waals surface area contributed by atoms with Crippen molar-refractivity contribution >= 4 is 138 Å². The smallest absolute Gasteiger partial charge is 0.256 e. The summed E-state index contributed by atoms with van der Waals surface area (Å²) >= 11 is 0. The summed E-state index contributed by atoms with van der Waals surface area (Å²) < 4.78 is 15.2. The Hall–Kier alpha value is -9.59. The first kappa shape index (κ1) is 61.0. The van der Waals surface area contributed by atoms with Crippen molar-refractivity contribution in [2.24, 2.45) is 0 Å². The molecule has 0 atom stereocenters. The van der Waals surface area contributed by atoms with Gasteiger partial charge >= 0.3 is 0 Å². The van der Waals surface area contributed by atoms with Crippen molar-refractivity contribution in [3.63, 3.8) is 0 Å². The van der Waals surface area contributed by atoms with Gasteiger partial charge in [-0.1, -0.05) is 120 Å². The molecule has 97 heavy (non-hydrogen) atoms. The average Bonchev–Trinajstić information content (AvgIpc) is 0.660. The number of benzene rings is 11. The molecule has 0 radical (unpaired) electrons. The zero-order valence-electron chi connectivity index (χ0n) is 60.3. The molecule has 11 aromatic carbocycles. The van der Waals surface area contributed by atoms with E-state index in [4.69, 9.17) is 9.47 Å². The molecular weight excluding hydrogens is 1180 g/mol. The molecule has 0 unspecified atom stereocenters. The van der Waals surface area contributed by atoms with Crippen molar-refractivity contribution in [2.75, 3.05) is 19.6 Å². The molecule has 6 aliphatic rings. The predicted octanol–water partition coefficient (Wildman–Crippen LogP) is 17.5. The van der Waals surface area contributed by atoms with E-state index in [1.807, 2.05) is 0 Å². The van der Waals surface area contributed by atoms with Gasteiger partial charge in [0, 0.05) is 69.0 Å². The molecule has 11 aromatic rings. The Morgan fingerprint density at radius 3 is 0.938 bits per heavy atom. The van der Waals surface area contributed by atoms with Crippen molar-refractivity contribution in [2.45, 2.75) is 149 Å². The Bertz CT molecular complexity index is 4930. The van der Waals surface area contributed by atoms with E-state index < -0.39 is 0 Å². The highest BCUT2D eigenvalue weighted by Crippen LogP contribution is 2.54. The zero-order chi connectivity index (χ0) is 67.8. The van der Waals surface area contributed by atoms with E-state index in [1.165, 1.54) is 150 Å². The lowest BCUT2D eigenvalue weighted by Crippen LogP contribution is -2.72. The van der Waals surface area contributed by atoms with Crippen LogP contribution >= 0.6 is 0 Å². The maximum absolute atomic E-state index is 7.61. The molecule has 0 saturated carbocycles. The largest absolute Gasteiger partial charge is 0.458 e. The van der Waals surface area contributed by atoms with Crippen LogP contribution in [0, 0.1) is 96.9 Å². The van der Waals surface area contributed by atoms with Gasteiger partial charge in [0.05, 0.1) is 11.4 Å². The molecule has 478 valence electrons. The van der Waals surface area contributed by atoms with Crippen LogP contribution in [0.3, 0.4) is 0 Å². The second-order valence-electron chi connectivity index (χ2n) is 31.8. The molecule has 6 heterocycles. The van der Waals surface area contributed by atoms with E-state index in [9.17, 15) is 0 Å². The molecule has 0 aromatic heterocycles. The molecule has 6 aliphatic heterocycles. The Labute approximate surface area is 576 Å². The highest BCUT2D eigenvalue weighted by Gasteiger charge is 2.55. The summed E-state index contributed by atoms with van der Waals surface area (Å²) in [4.78, 5) is 10.5. The monoisotopic (exact) mass is 1260 g/mol. The van der Waals surface area contributed by atoms with Crippen molar-refractivity contribution in [1.82, 2.24) is 0 Å². The molecule has 0 amide bonds. The van der Waals surface area contributed by atoms with E-state index in [0.717, 1.165) is 79.6 Å². The summed E-state index contributed by atoms with van der Waals surface area (Å²) in [5.41, 5.74) is 44.9. The Balaban J connectivity index is 1.03. The molecule has 0 saturated heterocycles. The summed E-state index contributed by atoms with van der Waals surface area (Å²) in [5.74, 6) is 3.58. The molecule has 17 rings (SSSR count). The van der Waals surface area contributed by atoms with Gasteiger partial charge in [-0.05, 0) is 307 Å². The van der Waals surface area contributed by atoms with E-state index >= 15 is 0 Å². The van der Waals surface area contributed by atoms with Crippen LogP contribution < -0.4 is 78.2 Å². The van der Waals surface area contributed by atoms with Gasteiger partial charge in [-0.3, -0.25) is 0 Å². The SMILES string of the molecule is Cc1ccc2c(c1)Oc1cc(N(c3cc(C)c(C)cc3C)c3cc(C)c(C)cc3C)cc3c1B2c1cc2c4c5c1N3c1cc(C(C)(C)C)ccc1B5c1ccc(C(C)(C)C)cc1N4c1cc(N(c3cc(C)c(C)cc3C)c3cc(C)c(C)cc3C)cc3c1B2c1ccc(C)cc1O3. The number of hydrogen-bond donors (Lipinski definition) is 0. The Morgan fingerprint density at radius 2 is 0.598 bits per heavy atom. The minimum Gasteiger partial charge on any atom is -0.458 e. The van der Waals surface area contributed by atoms with E-state index in [0.29, 0.717) is 0 Å². The van der Waals surface area contributed by atoms with E-state index in [1.54, 1.807) is 0 Å². The summed E-state index contributed by atoms with van der Waals surface area (Å²) in [7, 11) is 0. The van der Waals surface area contributed by atoms with Crippen LogP contribution in [0.5, 0.6) is 23.0 Å². The number of fused-ring (bicyclic) bond motifs is 14. The standard InChI is InChI=1S/C88H85B3N4O2/c1-46-21-25-66-78(29-46)96-80-43-62(92(70-35-52(7)48(3)31-56(70)11)71-36-53(8)49(4)32-57(71)12)41-76-82(80)90(66)68-45-69-86-84-85(68)94(76)74-39-60(87(15,16)17)23-27-64(74)89(84)65-28-24-61(88(18,19)20)40-75(65)95(86)77-42-63(44-81-83(77)91(69)67-26-22-47(2)30-79(67)97-81)93(72-37-54(9)50(5)33-58(72)13)73-38-55(10)51(6)34-59(73)14/h21-45H,1-20H3. The van der Waals surface area contributed by atoms with E-state index in [-0.39, 0.29) is 31.0 Å². The average molecular weight is 1260 g/mol. The quantitative estimate of drug-likeness (QED) is 0.154. The lowest BCUT2D eigenvalue weighted by molar-refractivity contribution is 0.487. The van der Waals surface area contributed by atoms with Crippen LogP contribution in [-0.4, -0.2) is 20.1 Å². The number of aryl methyl sites for hydroxylation is 14. The van der Waals surface area contributed by atoms with Crippen LogP contribution in [0.15, 0.2) is 152 Å². The molecule has 9 heteroatoms. The minimum absolute atomic E-state index is 0.131. The first-order valence-electron chi connectivity index (χ1n) is 35.1. The van der Waals surface area contributed by atoms with Crippen LogP contribution in [0.2, 0.25) is 0 Å². The third-order valence-corrected chi connectivity index (χ3v) is 23.0. The second-order valence-corrected chi connectivity index (χ2v) is 31.8. The van der Waals surface area contributed by atoms with Gasteiger partial charge in [0.2, 0.25) is 0 Å². The first-order valence-corrected chi connectivity index (χ1v) is 35.1. The highest BCUT2D eigenvalue weighted by atomic mass is 16.5. The fourth-order valence-corrected chi connectivity index (χ4v) is 17.3. The van der Waals surface area contributed by atoms with Gasteiger partial charge in [0.1, 0.15) is 23.0 Å². The molecule has 0 aliphatic carbocycles. The van der Waals surface area contributed by atoms with Crippen LogP contribution in [-0.2, 0) is 10.8 Å². The van der Waals surface area contributed by atoms with E-state index in [2.05, 4.69) is 310 Å². The number of nitrogens with zero attached hydrogens (tertiary/aromatic N) is 4. The fourth-order valence-electron chi connectivity index (χ4n) is 17.3. The number of ether oxygens (including phenoxy) is 2. The van der Waals surface area contributed by atoms with Gasteiger partial charge in [-0.25, -0.2) is 0 Å². The van der Waals surface area contributed by atoms with Crippen molar-refractivity contribution in [3.8, 4) is 23.0 Å². The first-order chi connectivity index (χ1) is 46.1. The van der Waals surface area contributed by atoms with Crippen molar-refractivity contribution in [1.29, 1.82) is 0 Å². The number of rotatable bonds is 6. The topological polar surface area (TPSA) is 31.4 Å².